The van der Waals surface area contributed by atoms with Crippen molar-refractivity contribution in [2.45, 2.75) is 26.2 Å². The number of benzene rings is 1. The van der Waals surface area contributed by atoms with Gasteiger partial charge in [0, 0.05) is 5.56 Å². The van der Waals surface area contributed by atoms with Gasteiger partial charge in [-0.05, 0) is 30.9 Å². The van der Waals surface area contributed by atoms with Gasteiger partial charge in [0.2, 0.25) is 0 Å². The molecule has 0 aromatic heterocycles. The molecule has 0 amide bonds. The Morgan fingerprint density at radius 1 is 1.29 bits per heavy atom. The molecule has 1 aliphatic rings. The summed E-state index contributed by atoms with van der Waals surface area (Å²) < 4.78 is 28.5. The van der Waals surface area contributed by atoms with Crippen molar-refractivity contribution < 1.29 is 12.6 Å². The molecule has 1 aromatic carbocycles. The van der Waals surface area contributed by atoms with Crippen molar-refractivity contribution in [2.24, 2.45) is 0 Å². The summed E-state index contributed by atoms with van der Waals surface area (Å²) in [6.07, 6.45) is 4.19. The van der Waals surface area contributed by atoms with E-state index in [-0.39, 0.29) is 5.75 Å². The molecule has 1 aromatic rings. The van der Waals surface area contributed by atoms with Crippen molar-refractivity contribution in [3.8, 4) is 0 Å². The molecule has 0 heterocycles. The van der Waals surface area contributed by atoms with E-state index in [9.17, 15) is 8.42 Å². The van der Waals surface area contributed by atoms with Crippen LogP contribution in [0.5, 0.6) is 0 Å². The minimum absolute atomic E-state index is 0.0620. The van der Waals surface area contributed by atoms with Gasteiger partial charge in [0.25, 0.3) is 0 Å². The summed E-state index contributed by atoms with van der Waals surface area (Å²) in [7, 11) is -3.44. The highest BCUT2D eigenvalue weighted by molar-refractivity contribution is 7.86. The molecule has 0 unspecified atom stereocenters. The Kier molecular flexibility index (Phi) is 3.52. The van der Waals surface area contributed by atoms with Crippen LogP contribution in [0.3, 0.4) is 0 Å². The largest absolute Gasteiger partial charge is 0.382 e. The predicted molar refractivity (Wildman–Crippen MR) is 67.9 cm³/mol. The van der Waals surface area contributed by atoms with Gasteiger partial charge in [-0.3, -0.25) is 0 Å². The zero-order valence-corrected chi connectivity index (χ0v) is 10.7. The van der Waals surface area contributed by atoms with E-state index < -0.39 is 10.1 Å². The summed E-state index contributed by atoms with van der Waals surface area (Å²) in [5.74, 6) is 0.548. The van der Waals surface area contributed by atoms with Gasteiger partial charge in [-0.25, -0.2) is 0 Å². The summed E-state index contributed by atoms with van der Waals surface area (Å²) >= 11 is 0. The van der Waals surface area contributed by atoms with Crippen LogP contribution in [0.2, 0.25) is 0 Å². The van der Waals surface area contributed by atoms with Crippen LogP contribution in [0.1, 0.15) is 30.9 Å². The van der Waals surface area contributed by atoms with E-state index in [1.807, 2.05) is 37.3 Å². The summed E-state index contributed by atoms with van der Waals surface area (Å²) in [5, 5.41) is 0. The molecule has 2 rings (SSSR count). The van der Waals surface area contributed by atoms with Crippen LogP contribution in [0.15, 0.2) is 30.3 Å². The molecule has 0 saturated carbocycles. The zero-order valence-electron chi connectivity index (χ0n) is 9.85. The van der Waals surface area contributed by atoms with E-state index in [1.165, 1.54) is 0 Å². The Bertz CT molecular complexity index is 529. The lowest BCUT2D eigenvalue weighted by Crippen LogP contribution is -2.11. The van der Waals surface area contributed by atoms with E-state index in [0.29, 0.717) is 12.2 Å². The highest BCUT2D eigenvalue weighted by atomic mass is 32.2. The van der Waals surface area contributed by atoms with Crippen LogP contribution >= 0.6 is 0 Å². The van der Waals surface area contributed by atoms with Crippen LogP contribution in [0.4, 0.5) is 0 Å². The molecular weight excluding hydrogens is 236 g/mol. The van der Waals surface area contributed by atoms with Crippen LogP contribution in [-0.2, 0) is 20.7 Å². The molecule has 0 saturated heterocycles. The third-order valence-electron chi connectivity index (χ3n) is 2.70. The summed E-state index contributed by atoms with van der Waals surface area (Å²) in [6, 6.07) is 7.77. The number of aryl methyl sites for hydroxylation is 1. The van der Waals surface area contributed by atoms with Gasteiger partial charge in [-0.1, -0.05) is 31.2 Å². The smallest absolute Gasteiger partial charge is 0.309 e. The first-order valence-corrected chi connectivity index (χ1v) is 7.41. The van der Waals surface area contributed by atoms with Gasteiger partial charge in [0.1, 0.15) is 5.76 Å². The van der Waals surface area contributed by atoms with E-state index >= 15 is 0 Å². The summed E-state index contributed by atoms with van der Waals surface area (Å²) in [5.41, 5.74) is 2.05. The molecule has 0 fully saturated rings. The third kappa shape index (κ3) is 2.88. The van der Waals surface area contributed by atoms with Crippen LogP contribution in [0.25, 0.3) is 5.76 Å². The summed E-state index contributed by atoms with van der Waals surface area (Å²) in [4.78, 5) is 0. The molecule has 0 bridgehead atoms. The second-order valence-corrected chi connectivity index (χ2v) is 5.80. The van der Waals surface area contributed by atoms with Gasteiger partial charge in [0.15, 0.2) is 0 Å². The topological polar surface area (TPSA) is 43.4 Å². The second kappa shape index (κ2) is 4.92. The predicted octanol–water partition coefficient (Wildman–Crippen LogP) is 2.73. The van der Waals surface area contributed by atoms with Gasteiger partial charge in [0.05, 0.1) is 5.75 Å². The number of allylic oxidation sites excluding steroid dienone is 1. The SMILES string of the molecule is CCCS(=O)(=O)OC1=CCCc2ccccc21. The monoisotopic (exact) mass is 252 g/mol. The number of hydrogen-bond acceptors (Lipinski definition) is 3. The van der Waals surface area contributed by atoms with Gasteiger partial charge in [-0.15, -0.1) is 0 Å². The highest BCUT2D eigenvalue weighted by Crippen LogP contribution is 2.28. The minimum atomic E-state index is -3.44. The first kappa shape index (κ1) is 12.2. The van der Waals surface area contributed by atoms with Crippen molar-refractivity contribution in [3.05, 3.63) is 41.5 Å². The highest BCUT2D eigenvalue weighted by Gasteiger charge is 2.19. The van der Waals surface area contributed by atoms with Crippen LogP contribution < -0.4 is 0 Å². The van der Waals surface area contributed by atoms with Gasteiger partial charge in [-0.2, -0.15) is 8.42 Å². The van der Waals surface area contributed by atoms with E-state index in [1.54, 1.807) is 0 Å². The molecule has 1 aliphatic carbocycles. The molecule has 92 valence electrons. The molecular formula is C13H16O3S. The maximum atomic E-state index is 11.6. The number of fused-ring (bicyclic) bond motifs is 1. The van der Waals surface area contributed by atoms with Crippen molar-refractivity contribution >= 4 is 15.9 Å². The van der Waals surface area contributed by atoms with Crippen molar-refractivity contribution in [2.75, 3.05) is 5.75 Å². The quantitative estimate of drug-likeness (QED) is 0.774. The second-order valence-electron chi connectivity index (χ2n) is 4.11. The molecule has 4 heteroatoms. The fraction of sp³-hybridized carbons (Fsp3) is 0.385. The Balaban J connectivity index is 2.26. The maximum Gasteiger partial charge on any atom is 0.309 e. The van der Waals surface area contributed by atoms with Crippen LogP contribution in [-0.4, -0.2) is 14.2 Å². The average molecular weight is 252 g/mol. The normalized spacial score (nSPS) is 15.0. The van der Waals surface area contributed by atoms with E-state index in [2.05, 4.69) is 0 Å². The fourth-order valence-corrected chi connectivity index (χ4v) is 2.97. The standard InChI is InChI=1S/C13H16O3S/c1-2-10-17(14,15)16-13-9-5-7-11-6-3-4-8-12(11)13/h3-4,6,8-9H,2,5,7,10H2,1H3. The zero-order chi connectivity index (χ0) is 12.3. The minimum Gasteiger partial charge on any atom is -0.382 e. The molecule has 0 atom stereocenters. The molecule has 17 heavy (non-hydrogen) atoms. The Morgan fingerprint density at radius 3 is 2.82 bits per heavy atom. The number of rotatable bonds is 4. The molecule has 0 radical (unpaired) electrons. The molecule has 0 N–H and O–H groups in total. The average Bonchev–Trinajstić information content (AvgIpc) is 2.29. The Morgan fingerprint density at radius 2 is 2.06 bits per heavy atom. The third-order valence-corrected chi connectivity index (χ3v) is 4.04. The van der Waals surface area contributed by atoms with E-state index in [4.69, 9.17) is 4.18 Å². The molecule has 3 nitrogen and oxygen atoms in total. The maximum absolute atomic E-state index is 11.6. The Hall–Kier alpha value is -1.29. The molecule has 0 spiro atoms. The van der Waals surface area contributed by atoms with Crippen molar-refractivity contribution in [1.82, 2.24) is 0 Å². The lowest BCUT2D eigenvalue weighted by molar-refractivity contribution is 0.460. The van der Waals surface area contributed by atoms with Crippen molar-refractivity contribution in [3.63, 3.8) is 0 Å². The van der Waals surface area contributed by atoms with E-state index in [0.717, 1.165) is 24.0 Å². The first-order valence-electron chi connectivity index (χ1n) is 5.83. The summed E-state index contributed by atoms with van der Waals surface area (Å²) in [6.45, 7) is 1.82. The van der Waals surface area contributed by atoms with Crippen LogP contribution in [0, 0.1) is 0 Å². The first-order chi connectivity index (χ1) is 8.12. The number of hydrogen-bond donors (Lipinski definition) is 0. The lowest BCUT2D eigenvalue weighted by atomic mass is 9.96. The van der Waals surface area contributed by atoms with Gasteiger partial charge < -0.3 is 4.18 Å². The van der Waals surface area contributed by atoms with Gasteiger partial charge >= 0.3 is 10.1 Å². The Labute approximate surface area is 102 Å². The van der Waals surface area contributed by atoms with Crippen molar-refractivity contribution in [1.29, 1.82) is 0 Å². The molecule has 0 aliphatic heterocycles. The fourth-order valence-electron chi connectivity index (χ4n) is 1.95. The lowest BCUT2D eigenvalue weighted by Gasteiger charge is -2.17.